The van der Waals surface area contributed by atoms with Crippen molar-refractivity contribution in [2.24, 2.45) is 5.73 Å². The number of carbonyl (C=O) groups excluding carboxylic acids is 4. The van der Waals surface area contributed by atoms with Crippen LogP contribution in [0.4, 0.5) is 5.00 Å². The third-order valence-corrected chi connectivity index (χ3v) is 5.72. The first-order valence-corrected chi connectivity index (χ1v) is 10.8. The van der Waals surface area contributed by atoms with Crippen LogP contribution in [0, 0.1) is 6.92 Å². The molecule has 0 fully saturated rings. The zero-order chi connectivity index (χ0) is 24.7. The molecule has 1 aliphatic rings. The molecule has 0 saturated carbocycles. The van der Waals surface area contributed by atoms with E-state index in [1.165, 1.54) is 20.1 Å². The van der Waals surface area contributed by atoms with Gasteiger partial charge in [0.1, 0.15) is 11.6 Å². The van der Waals surface area contributed by atoms with Crippen molar-refractivity contribution in [3.63, 3.8) is 0 Å². The van der Waals surface area contributed by atoms with E-state index in [0.29, 0.717) is 17.1 Å². The Balaban J connectivity index is 1.60. The molecule has 0 unspecified atom stereocenters. The van der Waals surface area contributed by atoms with Crippen molar-refractivity contribution in [3.05, 3.63) is 45.8 Å². The van der Waals surface area contributed by atoms with Crippen molar-refractivity contribution in [2.45, 2.75) is 6.92 Å². The first kappa shape index (κ1) is 24.7. The summed E-state index contributed by atoms with van der Waals surface area (Å²) >= 11 is 0.826. The molecule has 180 valence electrons. The lowest BCUT2D eigenvalue weighted by Crippen LogP contribution is -2.21. The fraction of sp³-hybridized carbons (Fsp3) is 0.273. The van der Waals surface area contributed by atoms with Gasteiger partial charge in [-0.3, -0.25) is 9.59 Å². The minimum absolute atomic E-state index is 0.00252. The van der Waals surface area contributed by atoms with Crippen molar-refractivity contribution >= 4 is 46.2 Å². The van der Waals surface area contributed by atoms with Gasteiger partial charge in [-0.1, -0.05) is 6.07 Å². The fourth-order valence-corrected chi connectivity index (χ4v) is 3.96. The van der Waals surface area contributed by atoms with Crippen LogP contribution < -0.4 is 20.5 Å². The van der Waals surface area contributed by atoms with Gasteiger partial charge in [-0.2, -0.15) is 0 Å². The van der Waals surface area contributed by atoms with Crippen LogP contribution >= 0.6 is 11.3 Å². The highest BCUT2D eigenvalue weighted by molar-refractivity contribution is 7.18. The van der Waals surface area contributed by atoms with Gasteiger partial charge in [-0.15, -0.1) is 11.3 Å². The second kappa shape index (κ2) is 11.3. The molecule has 0 bridgehead atoms. The number of hydrogen-bond donors (Lipinski definition) is 2. The van der Waals surface area contributed by atoms with Crippen LogP contribution in [0.5, 0.6) is 11.5 Å². The summed E-state index contributed by atoms with van der Waals surface area (Å²) in [6.45, 7) is 1.19. The van der Waals surface area contributed by atoms with Crippen molar-refractivity contribution in [1.82, 2.24) is 0 Å². The molecular formula is C22H22N2O9S. The SMILES string of the molecule is COCCOC(=O)c1c(NC(=O)COC(=O)C=Cc2ccc3c(c2)OCO3)sc(C(N)=O)c1C. The number of thiophene rings is 1. The summed E-state index contributed by atoms with van der Waals surface area (Å²) in [6, 6.07) is 5.14. The molecule has 1 aromatic heterocycles. The summed E-state index contributed by atoms with van der Waals surface area (Å²) in [5.74, 6) is -1.80. The number of esters is 2. The normalized spacial score (nSPS) is 11.9. The largest absolute Gasteiger partial charge is 0.460 e. The number of nitrogens with two attached hydrogens (primary N) is 1. The van der Waals surface area contributed by atoms with Gasteiger partial charge in [0.25, 0.3) is 11.8 Å². The molecule has 3 rings (SSSR count). The van der Waals surface area contributed by atoms with Crippen molar-refractivity contribution in [3.8, 4) is 11.5 Å². The Morgan fingerprint density at radius 2 is 1.91 bits per heavy atom. The van der Waals surface area contributed by atoms with Crippen LogP contribution in [-0.2, 0) is 23.8 Å². The molecule has 3 N–H and O–H groups in total. The Morgan fingerprint density at radius 1 is 1.15 bits per heavy atom. The first-order valence-electron chi connectivity index (χ1n) is 9.93. The first-order chi connectivity index (χ1) is 16.3. The maximum absolute atomic E-state index is 12.4. The highest BCUT2D eigenvalue weighted by atomic mass is 32.1. The van der Waals surface area contributed by atoms with Gasteiger partial charge in [0.15, 0.2) is 18.1 Å². The average Bonchev–Trinajstić information content (AvgIpc) is 3.40. The summed E-state index contributed by atoms with van der Waals surface area (Å²) < 4.78 is 25.4. The number of benzene rings is 1. The Morgan fingerprint density at radius 3 is 2.65 bits per heavy atom. The minimum atomic E-state index is -0.757. The lowest BCUT2D eigenvalue weighted by Gasteiger charge is -2.08. The van der Waals surface area contributed by atoms with Gasteiger partial charge in [-0.05, 0) is 36.3 Å². The zero-order valence-corrected chi connectivity index (χ0v) is 19.2. The van der Waals surface area contributed by atoms with Gasteiger partial charge >= 0.3 is 11.9 Å². The minimum Gasteiger partial charge on any atom is -0.460 e. The smallest absolute Gasteiger partial charge is 0.341 e. The topological polar surface area (TPSA) is 152 Å². The molecule has 12 heteroatoms. The summed E-state index contributed by atoms with van der Waals surface area (Å²) in [6.07, 6.45) is 2.65. The summed E-state index contributed by atoms with van der Waals surface area (Å²) in [7, 11) is 1.45. The molecule has 0 saturated heterocycles. The molecule has 2 heterocycles. The number of carbonyl (C=O) groups is 4. The second-order valence-corrected chi connectivity index (χ2v) is 7.88. The van der Waals surface area contributed by atoms with Crippen LogP contribution in [0.25, 0.3) is 6.08 Å². The van der Waals surface area contributed by atoms with Crippen molar-refractivity contribution in [1.29, 1.82) is 0 Å². The molecule has 11 nitrogen and oxygen atoms in total. The average molecular weight is 490 g/mol. The summed E-state index contributed by atoms with van der Waals surface area (Å²) in [5, 5.41) is 2.52. The third-order valence-electron chi connectivity index (χ3n) is 4.50. The predicted molar refractivity (Wildman–Crippen MR) is 121 cm³/mol. The maximum Gasteiger partial charge on any atom is 0.341 e. The number of ether oxygens (including phenoxy) is 5. The molecule has 2 amide bonds. The van der Waals surface area contributed by atoms with E-state index in [2.05, 4.69) is 5.32 Å². The van der Waals surface area contributed by atoms with Gasteiger partial charge in [0.2, 0.25) is 6.79 Å². The van der Waals surface area contributed by atoms with Crippen LogP contribution in [0.3, 0.4) is 0 Å². The molecule has 0 atom stereocenters. The van der Waals surface area contributed by atoms with E-state index in [1.807, 2.05) is 0 Å². The summed E-state index contributed by atoms with van der Waals surface area (Å²) in [5.41, 5.74) is 6.30. The number of primary amides is 1. The summed E-state index contributed by atoms with van der Waals surface area (Å²) in [4.78, 5) is 48.5. The Bertz CT molecular complexity index is 1140. The highest BCUT2D eigenvalue weighted by Gasteiger charge is 2.26. The Hall–Kier alpha value is -3.90. The van der Waals surface area contributed by atoms with Crippen LogP contribution in [0.2, 0.25) is 0 Å². The molecule has 2 aromatic rings. The van der Waals surface area contributed by atoms with Gasteiger partial charge in [0, 0.05) is 13.2 Å². The molecule has 34 heavy (non-hydrogen) atoms. The lowest BCUT2D eigenvalue weighted by atomic mass is 10.1. The number of anilines is 1. The molecule has 1 aliphatic heterocycles. The van der Waals surface area contributed by atoms with Crippen LogP contribution in [0.15, 0.2) is 24.3 Å². The maximum atomic E-state index is 12.4. The molecular weight excluding hydrogens is 468 g/mol. The zero-order valence-electron chi connectivity index (χ0n) is 18.4. The van der Waals surface area contributed by atoms with E-state index in [1.54, 1.807) is 18.2 Å². The predicted octanol–water partition coefficient (Wildman–Crippen LogP) is 1.88. The van der Waals surface area contributed by atoms with Crippen molar-refractivity contribution < 1.29 is 42.9 Å². The highest BCUT2D eigenvalue weighted by Crippen LogP contribution is 2.34. The van der Waals surface area contributed by atoms with Gasteiger partial charge in [-0.25, -0.2) is 9.59 Å². The number of amides is 2. The van der Waals surface area contributed by atoms with Crippen molar-refractivity contribution in [2.75, 3.05) is 39.0 Å². The van der Waals surface area contributed by atoms with Gasteiger partial charge < -0.3 is 34.7 Å². The van der Waals surface area contributed by atoms with E-state index < -0.39 is 30.4 Å². The number of methoxy groups -OCH3 is 1. The molecule has 0 radical (unpaired) electrons. The molecule has 1 aromatic carbocycles. The number of rotatable bonds is 10. The Kier molecular flexibility index (Phi) is 8.22. The van der Waals surface area contributed by atoms with E-state index in [-0.39, 0.29) is 41.0 Å². The molecule has 0 aliphatic carbocycles. The Labute approximate surface area is 198 Å². The third kappa shape index (κ3) is 6.11. The van der Waals surface area contributed by atoms with E-state index in [9.17, 15) is 19.2 Å². The van der Waals surface area contributed by atoms with E-state index in [0.717, 1.165) is 17.4 Å². The second-order valence-electron chi connectivity index (χ2n) is 6.86. The van der Waals surface area contributed by atoms with Gasteiger partial charge in [0.05, 0.1) is 17.0 Å². The van der Waals surface area contributed by atoms with Crippen LogP contribution in [0.1, 0.15) is 31.2 Å². The lowest BCUT2D eigenvalue weighted by molar-refractivity contribution is -0.142. The van der Waals surface area contributed by atoms with E-state index >= 15 is 0 Å². The monoisotopic (exact) mass is 490 g/mol. The van der Waals surface area contributed by atoms with Crippen LogP contribution in [-0.4, -0.2) is 57.5 Å². The standard InChI is InChI=1S/C22H22N2O9S/c1-12-18(22(28)30-8-7-29-2)21(34-19(12)20(23)27)24-16(25)10-31-17(26)6-4-13-3-5-14-15(9-13)33-11-32-14/h3-6,9H,7-8,10-11H2,1-2H3,(H2,23,27)(H,24,25). The fourth-order valence-electron chi connectivity index (χ4n) is 2.90. The number of fused-ring (bicyclic) bond motifs is 1. The van der Waals surface area contributed by atoms with E-state index in [4.69, 9.17) is 29.4 Å². The number of hydrogen-bond acceptors (Lipinski definition) is 10. The molecule has 0 spiro atoms. The quantitative estimate of drug-likeness (QED) is 0.289. The number of nitrogens with one attached hydrogen (secondary N) is 1.